The Morgan fingerprint density at radius 2 is 2.14 bits per heavy atom. The maximum absolute atomic E-state index is 13.9. The lowest BCUT2D eigenvalue weighted by molar-refractivity contribution is -0.117. The number of hydrogen-bond donors (Lipinski definition) is 2. The van der Waals surface area contributed by atoms with E-state index in [1.165, 1.54) is 6.07 Å². The van der Waals surface area contributed by atoms with Gasteiger partial charge >= 0.3 is 0 Å². The van der Waals surface area contributed by atoms with Gasteiger partial charge in [0.15, 0.2) is 11.6 Å². The smallest absolute Gasteiger partial charge is 0.231 e. The molecular formula is C20H20F2N4O2. The lowest BCUT2D eigenvalue weighted by atomic mass is 10.1. The summed E-state index contributed by atoms with van der Waals surface area (Å²) in [5.74, 6) is -0.619. The summed E-state index contributed by atoms with van der Waals surface area (Å²) in [6.45, 7) is 0.489. The van der Waals surface area contributed by atoms with E-state index in [-0.39, 0.29) is 12.3 Å². The minimum absolute atomic E-state index is 0.0402. The van der Waals surface area contributed by atoms with Gasteiger partial charge in [-0.3, -0.25) is 4.79 Å². The average molecular weight is 386 g/mol. The molecule has 1 aromatic carbocycles. The van der Waals surface area contributed by atoms with Crippen molar-refractivity contribution in [3.8, 4) is 5.75 Å². The fourth-order valence-electron chi connectivity index (χ4n) is 3.25. The van der Waals surface area contributed by atoms with Gasteiger partial charge in [0.05, 0.1) is 13.1 Å². The Hall–Kier alpha value is -3.00. The highest BCUT2D eigenvalue weighted by Crippen LogP contribution is 2.37. The minimum Gasteiger partial charge on any atom is -0.454 e. The third kappa shape index (κ3) is 4.12. The van der Waals surface area contributed by atoms with Gasteiger partial charge in [-0.2, -0.15) is 0 Å². The molecule has 0 saturated heterocycles. The largest absolute Gasteiger partial charge is 0.454 e. The molecule has 1 aromatic rings. The van der Waals surface area contributed by atoms with Crippen molar-refractivity contribution in [1.29, 1.82) is 0 Å². The predicted octanol–water partition coefficient (Wildman–Crippen LogP) is 2.35. The number of nitrogens with zero attached hydrogens (tertiary/aromatic N) is 2. The van der Waals surface area contributed by atoms with Crippen molar-refractivity contribution in [2.24, 2.45) is 10.7 Å². The fraction of sp³-hybridized carbons (Fsp3) is 0.300. The second-order valence-corrected chi connectivity index (χ2v) is 6.92. The van der Waals surface area contributed by atoms with Gasteiger partial charge in [-0.1, -0.05) is 0 Å². The van der Waals surface area contributed by atoms with Crippen LogP contribution in [-0.4, -0.2) is 35.8 Å². The lowest BCUT2D eigenvalue weighted by Gasteiger charge is -2.32. The molecule has 146 valence electrons. The maximum atomic E-state index is 13.9. The molecule has 4 rings (SSSR count). The second-order valence-electron chi connectivity index (χ2n) is 6.92. The summed E-state index contributed by atoms with van der Waals surface area (Å²) in [5.41, 5.74) is 7.02. The highest BCUT2D eigenvalue weighted by Gasteiger charge is 2.36. The Labute approximate surface area is 161 Å². The minimum atomic E-state index is -0.759. The number of allylic oxidation sites excluding steroid dienone is 3. The van der Waals surface area contributed by atoms with Crippen molar-refractivity contribution in [2.45, 2.75) is 25.3 Å². The SMILES string of the molecule is NC(=O)CNCC1=NC2=CC=C(Oc3ccc(F)cc3F)C=C(C2)N1C1CC1. The highest BCUT2D eigenvalue weighted by molar-refractivity contribution is 5.89. The number of benzene rings is 1. The van der Waals surface area contributed by atoms with Crippen molar-refractivity contribution < 1.29 is 18.3 Å². The molecule has 8 heteroatoms. The summed E-state index contributed by atoms with van der Waals surface area (Å²) in [7, 11) is 0. The Kier molecular flexibility index (Phi) is 4.95. The molecule has 1 amide bonds. The standard InChI is InChI=1S/C20H20F2N4O2/c21-12-1-6-18(17(22)7-12)28-16-5-2-13-8-15(9-16)26(14-3-4-14)20(25-13)11-24-10-19(23)27/h1-2,5-7,9,14,24H,3-4,8,10-11H2,(H2,23,27). The summed E-state index contributed by atoms with van der Waals surface area (Å²) in [6.07, 6.45) is 8.13. The summed E-state index contributed by atoms with van der Waals surface area (Å²) in [4.78, 5) is 17.8. The number of nitrogens with two attached hydrogens (primary N) is 1. The van der Waals surface area contributed by atoms with E-state index in [0.29, 0.717) is 24.8 Å². The van der Waals surface area contributed by atoms with Gasteiger partial charge in [-0.05, 0) is 37.1 Å². The zero-order valence-corrected chi connectivity index (χ0v) is 15.1. The molecule has 0 atom stereocenters. The van der Waals surface area contributed by atoms with E-state index in [1.54, 1.807) is 6.08 Å². The summed E-state index contributed by atoms with van der Waals surface area (Å²) in [5, 5.41) is 3.01. The molecule has 0 spiro atoms. The molecule has 6 nitrogen and oxygen atoms in total. The molecule has 2 aliphatic carbocycles. The van der Waals surface area contributed by atoms with Crippen molar-refractivity contribution in [2.75, 3.05) is 13.1 Å². The Morgan fingerprint density at radius 3 is 2.86 bits per heavy atom. The van der Waals surface area contributed by atoms with Gasteiger partial charge in [-0.15, -0.1) is 0 Å². The van der Waals surface area contributed by atoms with Crippen LogP contribution < -0.4 is 15.8 Å². The summed E-state index contributed by atoms with van der Waals surface area (Å²) in [6, 6.07) is 3.56. The topological polar surface area (TPSA) is 80.0 Å². The van der Waals surface area contributed by atoms with Crippen molar-refractivity contribution in [3.63, 3.8) is 0 Å². The predicted molar refractivity (Wildman–Crippen MR) is 100 cm³/mol. The number of fused-ring (bicyclic) bond motifs is 2. The first-order valence-corrected chi connectivity index (χ1v) is 9.10. The van der Waals surface area contributed by atoms with Crippen LogP contribution in [0.15, 0.2) is 58.6 Å². The van der Waals surface area contributed by atoms with Crippen LogP contribution in [0.25, 0.3) is 0 Å². The van der Waals surface area contributed by atoms with Crippen LogP contribution in [0.2, 0.25) is 0 Å². The molecule has 0 unspecified atom stereocenters. The third-order valence-corrected chi connectivity index (χ3v) is 4.59. The molecule has 0 aromatic heterocycles. The number of hydrogen-bond acceptors (Lipinski definition) is 5. The quantitative estimate of drug-likeness (QED) is 0.754. The number of halogens is 2. The van der Waals surface area contributed by atoms with Gasteiger partial charge in [0.2, 0.25) is 5.91 Å². The average Bonchev–Trinajstić information content (AvgIpc) is 3.47. The summed E-state index contributed by atoms with van der Waals surface area (Å²) >= 11 is 0. The first-order chi connectivity index (χ1) is 13.5. The van der Waals surface area contributed by atoms with Crippen LogP contribution in [0.4, 0.5) is 8.78 Å². The number of amides is 1. The van der Waals surface area contributed by atoms with E-state index in [1.807, 2.05) is 12.2 Å². The van der Waals surface area contributed by atoms with E-state index < -0.39 is 17.5 Å². The zero-order chi connectivity index (χ0) is 19.7. The lowest BCUT2D eigenvalue weighted by Crippen LogP contribution is -2.43. The van der Waals surface area contributed by atoms with E-state index in [9.17, 15) is 13.6 Å². The Morgan fingerprint density at radius 1 is 1.32 bits per heavy atom. The first-order valence-electron chi connectivity index (χ1n) is 9.10. The maximum Gasteiger partial charge on any atom is 0.231 e. The number of carbonyl (C=O) groups excluding carboxylic acids is 1. The Bertz CT molecular complexity index is 932. The normalized spacial score (nSPS) is 18.6. The molecule has 1 aliphatic heterocycles. The van der Waals surface area contributed by atoms with E-state index >= 15 is 0 Å². The number of ether oxygens (including phenoxy) is 1. The van der Waals surface area contributed by atoms with Crippen LogP contribution in [0, 0.1) is 11.6 Å². The highest BCUT2D eigenvalue weighted by atomic mass is 19.1. The number of rotatable bonds is 7. The first kappa shape index (κ1) is 18.4. The molecule has 28 heavy (non-hydrogen) atoms. The van der Waals surface area contributed by atoms with Gasteiger partial charge in [0, 0.05) is 36.0 Å². The van der Waals surface area contributed by atoms with E-state index in [2.05, 4.69) is 10.2 Å². The van der Waals surface area contributed by atoms with Gasteiger partial charge in [0.25, 0.3) is 0 Å². The van der Waals surface area contributed by atoms with Crippen molar-refractivity contribution in [3.05, 3.63) is 65.2 Å². The van der Waals surface area contributed by atoms with Crippen molar-refractivity contribution in [1.82, 2.24) is 10.2 Å². The number of primary amides is 1. The molecule has 3 aliphatic rings. The molecule has 1 saturated carbocycles. The third-order valence-electron chi connectivity index (χ3n) is 4.59. The molecule has 1 fully saturated rings. The van der Waals surface area contributed by atoms with Crippen LogP contribution in [0.5, 0.6) is 5.75 Å². The van der Waals surface area contributed by atoms with E-state index in [0.717, 1.165) is 42.2 Å². The number of amidine groups is 1. The van der Waals surface area contributed by atoms with Crippen LogP contribution in [0.1, 0.15) is 19.3 Å². The van der Waals surface area contributed by atoms with Crippen LogP contribution >= 0.6 is 0 Å². The fourth-order valence-corrected chi connectivity index (χ4v) is 3.25. The Balaban J connectivity index is 1.57. The molecule has 2 bridgehead atoms. The van der Waals surface area contributed by atoms with Gasteiger partial charge < -0.3 is 20.7 Å². The molecular weight excluding hydrogens is 366 g/mol. The summed E-state index contributed by atoms with van der Waals surface area (Å²) < 4.78 is 32.7. The van der Waals surface area contributed by atoms with Crippen LogP contribution in [-0.2, 0) is 4.79 Å². The van der Waals surface area contributed by atoms with E-state index in [4.69, 9.17) is 15.5 Å². The van der Waals surface area contributed by atoms with Gasteiger partial charge in [0.1, 0.15) is 17.4 Å². The number of nitrogens with one attached hydrogen (secondary N) is 1. The molecule has 0 radical (unpaired) electrons. The monoisotopic (exact) mass is 386 g/mol. The van der Waals surface area contributed by atoms with Crippen molar-refractivity contribution >= 4 is 11.7 Å². The van der Waals surface area contributed by atoms with Gasteiger partial charge in [-0.25, -0.2) is 13.8 Å². The number of carbonyl (C=O) groups is 1. The number of aliphatic imine (C=N–C) groups is 1. The zero-order valence-electron chi connectivity index (χ0n) is 15.1. The molecule has 1 heterocycles. The second kappa shape index (κ2) is 7.55. The van der Waals surface area contributed by atoms with Crippen LogP contribution in [0.3, 0.4) is 0 Å². The molecule has 3 N–H and O–H groups in total.